The van der Waals surface area contributed by atoms with Crippen LogP contribution in [0.1, 0.15) is 24.1 Å². The Hall–Kier alpha value is -2.50. The molecular formula is C20H19N3OS. The highest BCUT2D eigenvalue weighted by Crippen LogP contribution is 2.34. The lowest BCUT2D eigenvalue weighted by molar-refractivity contribution is 0.774. The summed E-state index contributed by atoms with van der Waals surface area (Å²) in [6.07, 6.45) is 1.90. The lowest BCUT2D eigenvalue weighted by atomic mass is 9.95. The van der Waals surface area contributed by atoms with Gasteiger partial charge in [0.15, 0.2) is 0 Å². The average Bonchev–Trinajstić information content (AvgIpc) is 3.13. The average molecular weight is 349 g/mol. The molecular weight excluding hydrogens is 330 g/mol. The zero-order chi connectivity index (χ0) is 17.6. The minimum atomic E-state index is -0.0494. The first-order valence-electron chi connectivity index (χ1n) is 8.29. The van der Waals surface area contributed by atoms with Gasteiger partial charge in [-0.1, -0.05) is 31.2 Å². The fourth-order valence-electron chi connectivity index (χ4n) is 3.24. The van der Waals surface area contributed by atoms with Crippen molar-refractivity contribution in [3.8, 4) is 11.1 Å². The van der Waals surface area contributed by atoms with Crippen LogP contribution >= 0.6 is 11.3 Å². The van der Waals surface area contributed by atoms with Gasteiger partial charge in [0.05, 0.1) is 11.2 Å². The summed E-state index contributed by atoms with van der Waals surface area (Å²) in [4.78, 5) is 19.8. The number of fused-ring (bicyclic) bond motifs is 3. The molecule has 25 heavy (non-hydrogen) atoms. The molecule has 4 aromatic rings. The maximum atomic E-state index is 12.3. The van der Waals surface area contributed by atoms with Crippen LogP contribution in [0.15, 0.2) is 46.7 Å². The summed E-state index contributed by atoms with van der Waals surface area (Å²) < 4.78 is 0.757. The van der Waals surface area contributed by atoms with Crippen molar-refractivity contribution in [1.82, 2.24) is 9.97 Å². The number of H-pyrrole nitrogens is 1. The molecule has 126 valence electrons. The van der Waals surface area contributed by atoms with Gasteiger partial charge in [0, 0.05) is 22.5 Å². The Labute approximate surface area is 149 Å². The Balaban J connectivity index is 2.01. The molecule has 4 rings (SSSR count). The molecule has 0 amide bonds. The van der Waals surface area contributed by atoms with Gasteiger partial charge in [-0.05, 0) is 42.0 Å². The van der Waals surface area contributed by atoms with Crippen LogP contribution in [0, 0.1) is 6.92 Å². The number of pyridine rings is 2. The highest BCUT2D eigenvalue weighted by molar-refractivity contribution is 7.17. The summed E-state index contributed by atoms with van der Waals surface area (Å²) in [5.41, 5.74) is 10.7. The number of nitrogens with one attached hydrogen (secondary N) is 1. The molecule has 0 fully saturated rings. The number of hydrogen-bond donors (Lipinski definition) is 2. The van der Waals surface area contributed by atoms with E-state index in [0.717, 1.165) is 37.8 Å². The monoisotopic (exact) mass is 349 g/mol. The van der Waals surface area contributed by atoms with E-state index in [4.69, 9.17) is 5.73 Å². The van der Waals surface area contributed by atoms with Gasteiger partial charge in [0.25, 0.3) is 5.56 Å². The van der Waals surface area contributed by atoms with Crippen molar-refractivity contribution in [2.75, 3.05) is 6.54 Å². The number of aromatic nitrogens is 2. The van der Waals surface area contributed by atoms with Gasteiger partial charge in [-0.2, -0.15) is 0 Å². The van der Waals surface area contributed by atoms with Gasteiger partial charge in [-0.25, -0.2) is 0 Å². The molecule has 3 N–H and O–H groups in total. The third kappa shape index (κ3) is 2.56. The molecule has 0 aliphatic heterocycles. The minimum absolute atomic E-state index is 0.0494. The second kappa shape index (κ2) is 6.10. The molecule has 0 aliphatic rings. The lowest BCUT2D eigenvalue weighted by Crippen LogP contribution is -2.08. The summed E-state index contributed by atoms with van der Waals surface area (Å²) >= 11 is 1.47. The molecule has 0 saturated carbocycles. The number of aromatic amines is 1. The Morgan fingerprint density at radius 2 is 2.00 bits per heavy atom. The van der Waals surface area contributed by atoms with E-state index in [0.29, 0.717) is 12.5 Å². The molecule has 0 saturated heterocycles. The third-order valence-electron chi connectivity index (χ3n) is 4.79. The van der Waals surface area contributed by atoms with Crippen LogP contribution in [0.5, 0.6) is 0 Å². The molecule has 4 nitrogen and oxygen atoms in total. The Morgan fingerprint density at radius 1 is 1.24 bits per heavy atom. The van der Waals surface area contributed by atoms with Gasteiger partial charge in [0.2, 0.25) is 0 Å². The summed E-state index contributed by atoms with van der Waals surface area (Å²) in [6, 6.07) is 10.5. The van der Waals surface area contributed by atoms with E-state index in [1.807, 2.05) is 24.6 Å². The molecule has 0 spiro atoms. The zero-order valence-electron chi connectivity index (χ0n) is 14.2. The van der Waals surface area contributed by atoms with E-state index in [2.05, 4.69) is 41.2 Å². The summed E-state index contributed by atoms with van der Waals surface area (Å²) in [6.45, 7) is 4.68. The van der Waals surface area contributed by atoms with Crippen LogP contribution in [0.4, 0.5) is 0 Å². The van der Waals surface area contributed by atoms with Crippen molar-refractivity contribution in [2.24, 2.45) is 5.73 Å². The SMILES string of the molecule is Cc1ncc(-c2ccc(C(C)CN)cc2)c2c1[nH]c(=O)c1sccc12. The predicted octanol–water partition coefficient (Wildman–Crippen LogP) is 4.18. The van der Waals surface area contributed by atoms with E-state index < -0.39 is 0 Å². The highest BCUT2D eigenvalue weighted by Gasteiger charge is 2.14. The highest BCUT2D eigenvalue weighted by atomic mass is 32.1. The van der Waals surface area contributed by atoms with Crippen molar-refractivity contribution >= 4 is 32.3 Å². The number of aryl methyl sites for hydroxylation is 1. The number of benzene rings is 1. The normalized spacial score (nSPS) is 12.8. The molecule has 1 atom stereocenters. The first kappa shape index (κ1) is 16.0. The van der Waals surface area contributed by atoms with E-state index in [1.165, 1.54) is 16.9 Å². The number of rotatable bonds is 3. The van der Waals surface area contributed by atoms with Crippen molar-refractivity contribution in [1.29, 1.82) is 0 Å². The van der Waals surface area contributed by atoms with Crippen molar-refractivity contribution < 1.29 is 0 Å². The lowest BCUT2D eigenvalue weighted by Gasteiger charge is -2.12. The van der Waals surface area contributed by atoms with Crippen molar-refractivity contribution in [2.45, 2.75) is 19.8 Å². The number of hydrogen-bond acceptors (Lipinski definition) is 4. The Morgan fingerprint density at radius 3 is 2.72 bits per heavy atom. The van der Waals surface area contributed by atoms with E-state index in [-0.39, 0.29) is 5.56 Å². The standard InChI is InChI=1S/C20H19N3OS/c1-11(9-21)13-3-5-14(6-4-13)16-10-22-12(2)18-17(16)15-7-8-25-19(15)20(24)23-18/h3-8,10-11H,9,21H2,1-2H3,(H,23,24). The topological polar surface area (TPSA) is 71.8 Å². The van der Waals surface area contributed by atoms with E-state index in [1.54, 1.807) is 0 Å². The number of thiophene rings is 1. The van der Waals surface area contributed by atoms with Gasteiger partial charge in [-0.15, -0.1) is 11.3 Å². The molecule has 5 heteroatoms. The molecule has 3 heterocycles. The van der Waals surface area contributed by atoms with Crippen LogP contribution in [-0.2, 0) is 0 Å². The zero-order valence-corrected chi connectivity index (χ0v) is 15.0. The summed E-state index contributed by atoms with van der Waals surface area (Å²) in [5.74, 6) is 0.335. The Kier molecular flexibility index (Phi) is 3.90. The first-order chi connectivity index (χ1) is 12.1. The second-order valence-corrected chi connectivity index (χ2v) is 7.30. The molecule has 0 radical (unpaired) electrons. The summed E-state index contributed by atoms with van der Waals surface area (Å²) in [5, 5.41) is 4.01. The smallest absolute Gasteiger partial charge is 0.266 e. The molecule has 1 aromatic carbocycles. The van der Waals surface area contributed by atoms with Gasteiger partial charge >= 0.3 is 0 Å². The van der Waals surface area contributed by atoms with Crippen molar-refractivity contribution in [3.63, 3.8) is 0 Å². The number of nitrogens with two attached hydrogens (primary N) is 1. The molecule has 3 aromatic heterocycles. The number of nitrogens with zero attached hydrogens (tertiary/aromatic N) is 1. The van der Waals surface area contributed by atoms with Gasteiger partial charge < -0.3 is 10.7 Å². The fourth-order valence-corrected chi connectivity index (χ4v) is 4.03. The van der Waals surface area contributed by atoms with Crippen LogP contribution < -0.4 is 11.3 Å². The largest absolute Gasteiger partial charge is 0.330 e. The van der Waals surface area contributed by atoms with Gasteiger partial charge in [-0.3, -0.25) is 9.78 Å². The quantitative estimate of drug-likeness (QED) is 0.583. The van der Waals surface area contributed by atoms with E-state index >= 15 is 0 Å². The maximum Gasteiger partial charge on any atom is 0.266 e. The van der Waals surface area contributed by atoms with Crippen LogP contribution in [-0.4, -0.2) is 16.5 Å². The maximum absolute atomic E-state index is 12.3. The third-order valence-corrected chi connectivity index (χ3v) is 5.71. The molecule has 0 bridgehead atoms. The Bertz CT molecular complexity index is 1130. The van der Waals surface area contributed by atoms with Crippen molar-refractivity contribution in [3.05, 3.63) is 63.5 Å². The van der Waals surface area contributed by atoms with Crippen LogP contribution in [0.2, 0.25) is 0 Å². The van der Waals surface area contributed by atoms with Crippen LogP contribution in [0.25, 0.3) is 32.1 Å². The summed E-state index contributed by atoms with van der Waals surface area (Å²) in [7, 11) is 0. The van der Waals surface area contributed by atoms with Crippen LogP contribution in [0.3, 0.4) is 0 Å². The van der Waals surface area contributed by atoms with Gasteiger partial charge in [0.1, 0.15) is 4.70 Å². The molecule has 1 unspecified atom stereocenters. The van der Waals surface area contributed by atoms with E-state index in [9.17, 15) is 4.79 Å². The predicted molar refractivity (Wildman–Crippen MR) is 105 cm³/mol. The first-order valence-corrected chi connectivity index (χ1v) is 9.17. The second-order valence-electron chi connectivity index (χ2n) is 6.38. The minimum Gasteiger partial charge on any atom is -0.330 e. The fraction of sp³-hybridized carbons (Fsp3) is 0.200. The molecule has 0 aliphatic carbocycles.